The van der Waals surface area contributed by atoms with E-state index in [9.17, 15) is 9.18 Å². The molecule has 0 unspecified atom stereocenters. The fraction of sp³-hybridized carbons (Fsp3) is 0.0870. The van der Waals surface area contributed by atoms with E-state index in [-0.39, 0.29) is 24.0 Å². The monoisotopic (exact) mass is 360 g/mol. The highest BCUT2D eigenvalue weighted by atomic mass is 19.1. The zero-order valence-corrected chi connectivity index (χ0v) is 14.7. The second-order valence-corrected chi connectivity index (χ2v) is 6.43. The second kappa shape index (κ2) is 7.08. The van der Waals surface area contributed by atoms with Crippen molar-refractivity contribution in [2.45, 2.75) is 13.5 Å². The van der Waals surface area contributed by atoms with Crippen LogP contribution in [-0.2, 0) is 6.61 Å². The minimum atomic E-state index is -0.301. The van der Waals surface area contributed by atoms with Gasteiger partial charge in [0.2, 0.25) is 5.78 Å². The number of allylic oxidation sites excluding steroid dienone is 1. The van der Waals surface area contributed by atoms with Gasteiger partial charge in [-0.1, -0.05) is 42.0 Å². The summed E-state index contributed by atoms with van der Waals surface area (Å²) in [6.45, 7) is 2.24. The van der Waals surface area contributed by atoms with Crippen LogP contribution in [0.2, 0.25) is 0 Å². The third-order valence-electron chi connectivity index (χ3n) is 4.31. The molecule has 0 saturated carbocycles. The number of hydrogen-bond acceptors (Lipinski definition) is 3. The predicted molar refractivity (Wildman–Crippen MR) is 101 cm³/mol. The smallest absolute Gasteiger partial charge is 0.231 e. The first-order valence-corrected chi connectivity index (χ1v) is 8.61. The zero-order chi connectivity index (χ0) is 18.8. The number of Topliss-reactive ketones (excluding diaryl/α,β-unsaturated/α-hetero) is 1. The number of halogens is 1. The first-order chi connectivity index (χ1) is 13.1. The molecule has 3 aromatic carbocycles. The van der Waals surface area contributed by atoms with Crippen LogP contribution in [0.3, 0.4) is 0 Å². The Labute approximate surface area is 156 Å². The highest BCUT2D eigenvalue weighted by molar-refractivity contribution is 6.14. The molecule has 134 valence electrons. The van der Waals surface area contributed by atoms with Gasteiger partial charge in [0.25, 0.3) is 0 Å². The molecule has 27 heavy (non-hydrogen) atoms. The largest absolute Gasteiger partial charge is 0.489 e. The average molecular weight is 360 g/mol. The Kier molecular flexibility index (Phi) is 4.47. The highest BCUT2D eigenvalue weighted by Crippen LogP contribution is 2.35. The molecule has 1 aliphatic rings. The van der Waals surface area contributed by atoms with E-state index in [4.69, 9.17) is 9.47 Å². The van der Waals surface area contributed by atoms with Gasteiger partial charge in [-0.05, 0) is 48.4 Å². The van der Waals surface area contributed by atoms with Crippen molar-refractivity contribution >= 4 is 11.9 Å². The summed E-state index contributed by atoms with van der Waals surface area (Å²) in [5.41, 5.74) is 3.29. The van der Waals surface area contributed by atoms with Gasteiger partial charge >= 0.3 is 0 Å². The van der Waals surface area contributed by atoms with Crippen molar-refractivity contribution in [3.63, 3.8) is 0 Å². The maximum Gasteiger partial charge on any atom is 0.231 e. The van der Waals surface area contributed by atoms with E-state index in [0.717, 1.165) is 16.7 Å². The maximum absolute atomic E-state index is 13.2. The number of hydrogen-bond donors (Lipinski definition) is 0. The lowest BCUT2D eigenvalue weighted by Gasteiger charge is -2.07. The number of aryl methyl sites for hydroxylation is 1. The molecule has 0 fully saturated rings. The van der Waals surface area contributed by atoms with Gasteiger partial charge in [-0.25, -0.2) is 4.39 Å². The third kappa shape index (κ3) is 3.75. The molecule has 3 nitrogen and oxygen atoms in total. The molecule has 3 aromatic rings. The molecule has 0 N–H and O–H groups in total. The molecule has 4 rings (SSSR count). The van der Waals surface area contributed by atoms with Crippen LogP contribution in [-0.4, -0.2) is 5.78 Å². The van der Waals surface area contributed by atoms with Crippen molar-refractivity contribution in [2.75, 3.05) is 0 Å². The lowest BCUT2D eigenvalue weighted by atomic mass is 10.1. The molecule has 0 aromatic heterocycles. The number of benzene rings is 3. The van der Waals surface area contributed by atoms with Crippen molar-refractivity contribution in [3.8, 4) is 11.5 Å². The van der Waals surface area contributed by atoms with Crippen molar-refractivity contribution in [3.05, 3.63) is 101 Å². The Balaban J connectivity index is 1.51. The van der Waals surface area contributed by atoms with E-state index in [0.29, 0.717) is 17.1 Å². The van der Waals surface area contributed by atoms with Crippen LogP contribution < -0.4 is 9.47 Å². The summed E-state index contributed by atoms with van der Waals surface area (Å²) in [5, 5.41) is 0. The molecule has 1 aliphatic heterocycles. The molecular weight excluding hydrogens is 343 g/mol. The molecule has 0 bridgehead atoms. The topological polar surface area (TPSA) is 35.5 Å². The van der Waals surface area contributed by atoms with Crippen molar-refractivity contribution in [2.24, 2.45) is 0 Å². The van der Waals surface area contributed by atoms with Gasteiger partial charge in [0.15, 0.2) is 5.76 Å². The van der Waals surface area contributed by atoms with Crippen LogP contribution in [0.4, 0.5) is 4.39 Å². The van der Waals surface area contributed by atoms with E-state index in [2.05, 4.69) is 0 Å². The molecule has 0 aliphatic carbocycles. The minimum Gasteiger partial charge on any atom is -0.489 e. The molecule has 0 saturated heterocycles. The van der Waals surface area contributed by atoms with Gasteiger partial charge in [-0.2, -0.15) is 0 Å². The summed E-state index contributed by atoms with van der Waals surface area (Å²) in [4.78, 5) is 12.5. The van der Waals surface area contributed by atoms with Gasteiger partial charge < -0.3 is 9.47 Å². The Morgan fingerprint density at radius 2 is 1.85 bits per heavy atom. The van der Waals surface area contributed by atoms with Crippen molar-refractivity contribution < 1.29 is 18.7 Å². The zero-order valence-electron chi connectivity index (χ0n) is 14.7. The predicted octanol–water partition coefficient (Wildman–Crippen LogP) is 5.33. The average Bonchev–Trinajstić information content (AvgIpc) is 2.97. The van der Waals surface area contributed by atoms with Gasteiger partial charge in [-0.3, -0.25) is 4.79 Å². The molecule has 4 heteroatoms. The number of carbonyl (C=O) groups excluding carboxylic acids is 1. The SMILES string of the molecule is Cc1ccc(/C=C2\Oc3cc(OCc4cccc(F)c4)ccc3C2=O)cc1. The number of ether oxygens (including phenoxy) is 2. The van der Waals surface area contributed by atoms with E-state index >= 15 is 0 Å². The Bertz CT molecular complexity index is 1040. The summed E-state index contributed by atoms with van der Waals surface area (Å²) in [6, 6.07) is 19.2. The van der Waals surface area contributed by atoms with E-state index < -0.39 is 0 Å². The number of rotatable bonds is 4. The molecule has 0 atom stereocenters. The summed E-state index contributed by atoms with van der Waals surface area (Å²) in [5.74, 6) is 0.862. The fourth-order valence-corrected chi connectivity index (χ4v) is 2.86. The van der Waals surface area contributed by atoms with Crippen LogP contribution in [0.15, 0.2) is 72.5 Å². The standard InChI is InChI=1S/C23H17FO3/c1-15-5-7-16(8-6-15)12-22-23(25)20-10-9-19(13-21(20)27-22)26-14-17-3-2-4-18(24)11-17/h2-13H,14H2,1H3/b22-12-. The highest BCUT2D eigenvalue weighted by Gasteiger charge is 2.27. The molecular formula is C23H17FO3. The van der Waals surface area contributed by atoms with Gasteiger partial charge in [0.05, 0.1) is 5.56 Å². The summed E-state index contributed by atoms with van der Waals surface area (Å²) >= 11 is 0. The van der Waals surface area contributed by atoms with Gasteiger partial charge in [0, 0.05) is 6.07 Å². The van der Waals surface area contributed by atoms with Gasteiger partial charge in [0.1, 0.15) is 23.9 Å². The van der Waals surface area contributed by atoms with Gasteiger partial charge in [-0.15, -0.1) is 0 Å². The summed E-state index contributed by atoms with van der Waals surface area (Å²) in [6.07, 6.45) is 1.73. The van der Waals surface area contributed by atoms with E-state index in [1.807, 2.05) is 31.2 Å². The first-order valence-electron chi connectivity index (χ1n) is 8.61. The van der Waals surface area contributed by atoms with Crippen molar-refractivity contribution in [1.82, 2.24) is 0 Å². The number of fused-ring (bicyclic) bond motifs is 1. The minimum absolute atomic E-state index is 0.151. The number of carbonyl (C=O) groups is 1. The Morgan fingerprint density at radius 1 is 1.04 bits per heavy atom. The van der Waals surface area contributed by atoms with Crippen LogP contribution in [0, 0.1) is 12.7 Å². The normalized spacial score (nSPS) is 14.1. The molecule has 0 spiro atoms. The van der Waals surface area contributed by atoms with Crippen LogP contribution in [0.1, 0.15) is 27.0 Å². The summed E-state index contributed by atoms with van der Waals surface area (Å²) in [7, 11) is 0. The molecule has 1 heterocycles. The molecule has 0 radical (unpaired) electrons. The Morgan fingerprint density at radius 3 is 2.63 bits per heavy atom. The number of ketones is 1. The second-order valence-electron chi connectivity index (χ2n) is 6.43. The first kappa shape index (κ1) is 17.0. The van der Waals surface area contributed by atoms with E-state index in [1.54, 1.807) is 36.4 Å². The molecule has 0 amide bonds. The fourth-order valence-electron chi connectivity index (χ4n) is 2.86. The summed E-state index contributed by atoms with van der Waals surface area (Å²) < 4.78 is 24.7. The van der Waals surface area contributed by atoms with E-state index in [1.165, 1.54) is 12.1 Å². The lowest BCUT2D eigenvalue weighted by molar-refractivity contribution is 0.101. The maximum atomic E-state index is 13.2. The van der Waals surface area contributed by atoms with Crippen molar-refractivity contribution in [1.29, 1.82) is 0 Å². The third-order valence-corrected chi connectivity index (χ3v) is 4.31. The quantitative estimate of drug-likeness (QED) is 0.590. The van der Waals surface area contributed by atoms with Crippen LogP contribution in [0.5, 0.6) is 11.5 Å². The lowest BCUT2D eigenvalue weighted by Crippen LogP contribution is -1.98. The van der Waals surface area contributed by atoms with Crippen LogP contribution >= 0.6 is 0 Å². The Hall–Kier alpha value is -3.40. The van der Waals surface area contributed by atoms with Crippen LogP contribution in [0.25, 0.3) is 6.08 Å².